The van der Waals surface area contributed by atoms with Crippen LogP contribution in [0.15, 0.2) is 24.3 Å². The van der Waals surface area contributed by atoms with Crippen molar-refractivity contribution in [2.75, 3.05) is 33.3 Å². The van der Waals surface area contributed by atoms with Crippen LogP contribution in [0.25, 0.3) is 0 Å². The monoisotopic (exact) mass is 307 g/mol. The molecule has 1 aliphatic heterocycles. The molecule has 6 heteroatoms. The number of carbonyl (C=O) groups is 1. The Labute approximate surface area is 130 Å². The van der Waals surface area contributed by atoms with Gasteiger partial charge in [0.05, 0.1) is 5.56 Å². The third kappa shape index (κ3) is 3.92. The van der Waals surface area contributed by atoms with Gasteiger partial charge in [0.2, 0.25) is 0 Å². The first-order chi connectivity index (χ1) is 9.99. The fourth-order valence-electron chi connectivity index (χ4n) is 2.30. The number of para-hydroxylation sites is 1. The first-order valence-corrected chi connectivity index (χ1v) is 7.39. The fourth-order valence-corrected chi connectivity index (χ4v) is 2.47. The van der Waals surface area contributed by atoms with Gasteiger partial charge in [-0.15, -0.1) is 0 Å². The predicted octanol–water partition coefficient (Wildman–Crippen LogP) is 0.862. The summed E-state index contributed by atoms with van der Waals surface area (Å²) in [6.07, 6.45) is 0. The van der Waals surface area contributed by atoms with Crippen molar-refractivity contribution in [2.45, 2.75) is 13.0 Å². The molecule has 2 rings (SSSR count). The molecule has 1 amide bonds. The normalized spacial score (nSPS) is 19.3. The molecular weight excluding hydrogens is 286 g/mol. The van der Waals surface area contributed by atoms with E-state index in [1.54, 1.807) is 12.1 Å². The summed E-state index contributed by atoms with van der Waals surface area (Å²) in [5.74, 6) is 0.549. The molecule has 1 aliphatic rings. The van der Waals surface area contributed by atoms with Gasteiger partial charge in [-0.3, -0.25) is 4.79 Å². The second-order valence-corrected chi connectivity index (χ2v) is 5.76. The van der Waals surface area contributed by atoms with E-state index in [4.69, 9.17) is 22.7 Å². The number of nitrogens with zero attached hydrogens (tertiary/aromatic N) is 2. The average Bonchev–Trinajstić information content (AvgIpc) is 2.47. The van der Waals surface area contributed by atoms with Crippen LogP contribution < -0.4 is 10.5 Å². The molecular formula is C15H21N3O2S. The van der Waals surface area contributed by atoms with Gasteiger partial charge >= 0.3 is 0 Å². The smallest absolute Gasteiger partial charge is 0.260 e. The zero-order valence-corrected chi connectivity index (χ0v) is 13.2. The van der Waals surface area contributed by atoms with Crippen molar-refractivity contribution in [1.82, 2.24) is 9.80 Å². The maximum atomic E-state index is 12.2. The lowest BCUT2D eigenvalue weighted by atomic mass is 10.2. The Morgan fingerprint density at radius 3 is 2.81 bits per heavy atom. The summed E-state index contributed by atoms with van der Waals surface area (Å²) < 4.78 is 5.60. The molecule has 1 atom stereocenters. The van der Waals surface area contributed by atoms with E-state index in [1.165, 1.54) is 0 Å². The van der Waals surface area contributed by atoms with Crippen LogP contribution in [0.5, 0.6) is 5.75 Å². The van der Waals surface area contributed by atoms with E-state index in [9.17, 15) is 4.79 Å². The molecule has 1 aromatic rings. The highest BCUT2D eigenvalue weighted by Crippen LogP contribution is 2.18. The first kappa shape index (κ1) is 15.7. The molecule has 5 nitrogen and oxygen atoms in total. The van der Waals surface area contributed by atoms with Gasteiger partial charge in [0, 0.05) is 25.7 Å². The van der Waals surface area contributed by atoms with Crippen molar-refractivity contribution in [2.24, 2.45) is 5.73 Å². The Hall–Kier alpha value is -1.66. The van der Waals surface area contributed by atoms with Crippen LogP contribution in [0.2, 0.25) is 0 Å². The number of amides is 1. The summed E-state index contributed by atoms with van der Waals surface area (Å²) in [5.41, 5.74) is 6.31. The lowest BCUT2D eigenvalue weighted by Gasteiger charge is -2.37. The van der Waals surface area contributed by atoms with Gasteiger partial charge in [-0.05, 0) is 26.1 Å². The standard InChI is InChI=1S/C15H21N3O2S/c1-11-9-18(8-7-17(11)2)14(19)10-20-13-6-4-3-5-12(13)15(16)21/h3-6,11H,7-10H2,1-2H3,(H2,16,21). The van der Waals surface area contributed by atoms with E-state index >= 15 is 0 Å². The molecule has 1 saturated heterocycles. The van der Waals surface area contributed by atoms with Gasteiger partial charge < -0.3 is 20.3 Å². The van der Waals surface area contributed by atoms with Crippen molar-refractivity contribution in [1.29, 1.82) is 0 Å². The SMILES string of the molecule is CC1CN(C(=O)COc2ccccc2C(N)=S)CCN1C. The molecule has 2 N–H and O–H groups in total. The number of carbonyl (C=O) groups excluding carboxylic acids is 1. The van der Waals surface area contributed by atoms with Crippen molar-refractivity contribution >= 4 is 23.1 Å². The molecule has 0 aromatic heterocycles. The van der Waals surface area contributed by atoms with Gasteiger partial charge in [-0.2, -0.15) is 0 Å². The number of thiocarbonyl (C=S) groups is 1. The van der Waals surface area contributed by atoms with E-state index in [1.807, 2.05) is 17.0 Å². The molecule has 1 unspecified atom stereocenters. The number of hydrogen-bond acceptors (Lipinski definition) is 4. The van der Waals surface area contributed by atoms with Crippen LogP contribution in [0, 0.1) is 0 Å². The molecule has 21 heavy (non-hydrogen) atoms. The summed E-state index contributed by atoms with van der Waals surface area (Å²) in [7, 11) is 2.07. The van der Waals surface area contributed by atoms with Gasteiger partial charge in [0.1, 0.15) is 10.7 Å². The highest BCUT2D eigenvalue weighted by atomic mass is 32.1. The average molecular weight is 307 g/mol. The third-order valence-corrected chi connectivity index (χ3v) is 4.04. The second kappa shape index (κ2) is 6.87. The van der Waals surface area contributed by atoms with Crippen LogP contribution >= 0.6 is 12.2 Å². The Kier molecular flexibility index (Phi) is 5.14. The zero-order valence-electron chi connectivity index (χ0n) is 12.4. The molecule has 0 bridgehead atoms. The molecule has 0 aliphatic carbocycles. The van der Waals surface area contributed by atoms with E-state index in [0.29, 0.717) is 17.4 Å². The van der Waals surface area contributed by atoms with Crippen LogP contribution in [0.1, 0.15) is 12.5 Å². The molecule has 1 fully saturated rings. The summed E-state index contributed by atoms with van der Waals surface area (Å²) in [6, 6.07) is 7.60. The number of ether oxygens (including phenoxy) is 1. The van der Waals surface area contributed by atoms with Crippen LogP contribution in [-0.4, -0.2) is 60.0 Å². The molecule has 1 aromatic carbocycles. The van der Waals surface area contributed by atoms with Crippen molar-refractivity contribution < 1.29 is 9.53 Å². The minimum atomic E-state index is -0.00677. The Morgan fingerprint density at radius 2 is 2.14 bits per heavy atom. The minimum absolute atomic E-state index is 0.00677. The maximum Gasteiger partial charge on any atom is 0.260 e. The van der Waals surface area contributed by atoms with E-state index in [2.05, 4.69) is 18.9 Å². The van der Waals surface area contributed by atoms with Crippen LogP contribution in [0.4, 0.5) is 0 Å². The summed E-state index contributed by atoms with van der Waals surface area (Å²) in [5, 5.41) is 0. The lowest BCUT2D eigenvalue weighted by Crippen LogP contribution is -2.53. The topological polar surface area (TPSA) is 58.8 Å². The molecule has 0 radical (unpaired) electrons. The highest BCUT2D eigenvalue weighted by molar-refractivity contribution is 7.80. The number of piperazine rings is 1. The number of nitrogens with two attached hydrogens (primary N) is 1. The fraction of sp³-hybridized carbons (Fsp3) is 0.467. The van der Waals surface area contributed by atoms with Gasteiger partial charge in [-0.25, -0.2) is 0 Å². The maximum absolute atomic E-state index is 12.2. The van der Waals surface area contributed by atoms with Crippen molar-refractivity contribution in [3.05, 3.63) is 29.8 Å². The largest absolute Gasteiger partial charge is 0.483 e. The van der Waals surface area contributed by atoms with E-state index < -0.39 is 0 Å². The quantitative estimate of drug-likeness (QED) is 0.836. The Morgan fingerprint density at radius 1 is 1.43 bits per heavy atom. The van der Waals surface area contributed by atoms with E-state index in [-0.39, 0.29) is 17.5 Å². The first-order valence-electron chi connectivity index (χ1n) is 6.98. The molecule has 0 saturated carbocycles. The number of rotatable bonds is 4. The lowest BCUT2D eigenvalue weighted by molar-refractivity contribution is -0.135. The number of likely N-dealkylation sites (N-methyl/N-ethyl adjacent to an activating group) is 1. The van der Waals surface area contributed by atoms with Crippen molar-refractivity contribution in [3.63, 3.8) is 0 Å². The molecule has 0 spiro atoms. The second-order valence-electron chi connectivity index (χ2n) is 5.32. The molecule has 1 heterocycles. The Bertz CT molecular complexity index is 535. The van der Waals surface area contributed by atoms with Crippen molar-refractivity contribution in [3.8, 4) is 5.75 Å². The van der Waals surface area contributed by atoms with Gasteiger partial charge in [0.15, 0.2) is 6.61 Å². The number of hydrogen-bond donors (Lipinski definition) is 1. The van der Waals surface area contributed by atoms with Gasteiger partial charge in [-0.1, -0.05) is 24.4 Å². The summed E-state index contributed by atoms with van der Waals surface area (Å²) >= 11 is 4.98. The predicted molar refractivity (Wildman–Crippen MR) is 86.5 cm³/mol. The Balaban J connectivity index is 1.94. The van der Waals surface area contributed by atoms with Crippen LogP contribution in [-0.2, 0) is 4.79 Å². The van der Waals surface area contributed by atoms with Gasteiger partial charge in [0.25, 0.3) is 5.91 Å². The van der Waals surface area contributed by atoms with E-state index in [0.717, 1.165) is 19.6 Å². The minimum Gasteiger partial charge on any atom is -0.483 e. The molecule has 114 valence electrons. The highest BCUT2D eigenvalue weighted by Gasteiger charge is 2.24. The van der Waals surface area contributed by atoms with Crippen LogP contribution in [0.3, 0.4) is 0 Å². The number of benzene rings is 1. The zero-order chi connectivity index (χ0) is 15.4. The third-order valence-electron chi connectivity index (χ3n) is 3.82. The summed E-state index contributed by atoms with van der Waals surface area (Å²) in [4.78, 5) is 16.6. The summed E-state index contributed by atoms with van der Waals surface area (Å²) in [6.45, 7) is 4.48.